The van der Waals surface area contributed by atoms with Crippen molar-refractivity contribution in [3.8, 4) is 12.1 Å². The molecule has 0 bridgehead atoms. The molecule has 1 aromatic carbocycles. The minimum atomic E-state index is -0.267. The Balaban J connectivity index is 2.79. The molecule has 1 aliphatic heterocycles. The van der Waals surface area contributed by atoms with Gasteiger partial charge in [-0.3, -0.25) is 4.79 Å². The molecular formula is C14H11N3O. The number of amides is 1. The van der Waals surface area contributed by atoms with Crippen LogP contribution in [0.4, 0.5) is 5.69 Å². The lowest BCUT2D eigenvalue weighted by Crippen LogP contribution is -2.25. The second-order valence-electron chi connectivity index (χ2n) is 4.04. The van der Waals surface area contributed by atoms with E-state index in [9.17, 15) is 4.79 Å². The van der Waals surface area contributed by atoms with E-state index in [1.165, 1.54) is 0 Å². The topological polar surface area (TPSA) is 67.9 Å². The summed E-state index contributed by atoms with van der Waals surface area (Å²) < 4.78 is 0. The van der Waals surface area contributed by atoms with Crippen LogP contribution in [0.15, 0.2) is 23.8 Å². The number of benzene rings is 1. The van der Waals surface area contributed by atoms with Crippen LogP contribution >= 0.6 is 0 Å². The van der Waals surface area contributed by atoms with Gasteiger partial charge in [0, 0.05) is 12.1 Å². The van der Waals surface area contributed by atoms with Gasteiger partial charge in [-0.15, -0.1) is 0 Å². The summed E-state index contributed by atoms with van der Waals surface area (Å²) in [5.74, 6) is -0.267. The predicted molar refractivity (Wildman–Crippen MR) is 67.4 cm³/mol. The van der Waals surface area contributed by atoms with Crippen molar-refractivity contribution in [1.29, 1.82) is 10.5 Å². The molecule has 1 aliphatic rings. The van der Waals surface area contributed by atoms with Crippen molar-refractivity contribution in [2.45, 2.75) is 13.8 Å². The molecule has 1 heterocycles. The van der Waals surface area contributed by atoms with E-state index >= 15 is 0 Å². The van der Waals surface area contributed by atoms with Crippen LogP contribution in [-0.2, 0) is 4.79 Å². The number of hydrogen-bond donors (Lipinski definition) is 0. The van der Waals surface area contributed by atoms with Gasteiger partial charge in [0.1, 0.15) is 17.7 Å². The third-order valence-electron chi connectivity index (χ3n) is 2.96. The highest BCUT2D eigenvalue weighted by Gasteiger charge is 2.33. The minimum Gasteiger partial charge on any atom is -0.308 e. The molecule has 2 rings (SSSR count). The Hall–Kier alpha value is -2.59. The van der Waals surface area contributed by atoms with Crippen molar-refractivity contribution >= 4 is 17.2 Å². The maximum Gasteiger partial charge on any atom is 0.261 e. The number of carbonyl (C=O) groups excluding carboxylic acids is 1. The van der Waals surface area contributed by atoms with E-state index < -0.39 is 0 Å². The number of nitrogens with zero attached hydrogens (tertiary/aromatic N) is 3. The molecule has 4 nitrogen and oxygen atoms in total. The van der Waals surface area contributed by atoms with Crippen molar-refractivity contribution < 1.29 is 4.79 Å². The lowest BCUT2D eigenvalue weighted by Gasteiger charge is -2.13. The summed E-state index contributed by atoms with van der Waals surface area (Å²) in [6.45, 7) is 4.29. The summed E-state index contributed by atoms with van der Waals surface area (Å²) in [7, 11) is 0. The standard InChI is InChI=1S/C14H11N3O/c1-3-17-12-5-4-9(2)6-11(12)13(14(17)18)10(7-15)8-16/h4-6H,3H2,1-2H3. The molecule has 0 N–H and O–H groups in total. The lowest BCUT2D eigenvalue weighted by atomic mass is 10.0. The van der Waals surface area contributed by atoms with Gasteiger partial charge in [0.2, 0.25) is 0 Å². The van der Waals surface area contributed by atoms with Crippen LogP contribution in [0, 0.1) is 29.6 Å². The van der Waals surface area contributed by atoms with Gasteiger partial charge in [0.05, 0.1) is 11.3 Å². The van der Waals surface area contributed by atoms with Crippen LogP contribution in [-0.4, -0.2) is 12.5 Å². The second-order valence-corrected chi connectivity index (χ2v) is 4.04. The third kappa shape index (κ3) is 1.56. The predicted octanol–water partition coefficient (Wildman–Crippen LogP) is 2.16. The fourth-order valence-electron chi connectivity index (χ4n) is 2.14. The first-order valence-corrected chi connectivity index (χ1v) is 5.61. The van der Waals surface area contributed by atoms with E-state index in [0.29, 0.717) is 12.1 Å². The summed E-state index contributed by atoms with van der Waals surface area (Å²) in [4.78, 5) is 13.8. The largest absolute Gasteiger partial charge is 0.308 e. The minimum absolute atomic E-state index is 0.122. The van der Waals surface area contributed by atoms with Crippen molar-refractivity contribution in [3.05, 3.63) is 34.9 Å². The zero-order valence-corrected chi connectivity index (χ0v) is 10.2. The van der Waals surface area contributed by atoms with Gasteiger partial charge < -0.3 is 4.90 Å². The van der Waals surface area contributed by atoms with Crippen LogP contribution in [0.2, 0.25) is 0 Å². The van der Waals surface area contributed by atoms with Crippen molar-refractivity contribution in [1.82, 2.24) is 0 Å². The van der Waals surface area contributed by atoms with Gasteiger partial charge >= 0.3 is 0 Å². The molecule has 0 atom stereocenters. The van der Waals surface area contributed by atoms with Crippen LogP contribution < -0.4 is 4.90 Å². The van der Waals surface area contributed by atoms with E-state index in [2.05, 4.69) is 0 Å². The van der Waals surface area contributed by atoms with Gasteiger partial charge in [-0.25, -0.2) is 0 Å². The zero-order chi connectivity index (χ0) is 13.3. The van der Waals surface area contributed by atoms with Crippen LogP contribution in [0.5, 0.6) is 0 Å². The van der Waals surface area contributed by atoms with Gasteiger partial charge in [-0.1, -0.05) is 11.6 Å². The molecule has 18 heavy (non-hydrogen) atoms. The summed E-state index contributed by atoms with van der Waals surface area (Å²) in [5, 5.41) is 17.9. The maximum absolute atomic E-state index is 12.2. The molecule has 0 saturated heterocycles. The first kappa shape index (κ1) is 11.9. The molecule has 0 fully saturated rings. The number of rotatable bonds is 1. The number of carbonyl (C=O) groups is 1. The Morgan fingerprint density at radius 3 is 2.56 bits per heavy atom. The first-order valence-electron chi connectivity index (χ1n) is 5.61. The maximum atomic E-state index is 12.2. The Labute approximate surface area is 105 Å². The fourth-order valence-corrected chi connectivity index (χ4v) is 2.14. The summed E-state index contributed by atoms with van der Waals surface area (Å²) in [6.07, 6.45) is 0. The molecule has 0 aliphatic carbocycles. The highest BCUT2D eigenvalue weighted by molar-refractivity contribution is 6.34. The zero-order valence-electron chi connectivity index (χ0n) is 10.2. The normalized spacial score (nSPS) is 13.0. The Morgan fingerprint density at radius 1 is 1.33 bits per heavy atom. The van der Waals surface area contributed by atoms with Crippen molar-refractivity contribution in [2.75, 3.05) is 11.4 Å². The summed E-state index contributed by atoms with van der Waals surface area (Å²) in [6, 6.07) is 9.21. The number of nitriles is 2. The second kappa shape index (κ2) is 4.35. The monoisotopic (exact) mass is 237 g/mol. The highest BCUT2D eigenvalue weighted by atomic mass is 16.2. The quantitative estimate of drug-likeness (QED) is 0.555. The molecular weight excluding hydrogens is 226 g/mol. The number of fused-ring (bicyclic) bond motifs is 1. The highest BCUT2D eigenvalue weighted by Crippen LogP contribution is 2.38. The lowest BCUT2D eigenvalue weighted by molar-refractivity contribution is -0.113. The Kier molecular flexibility index (Phi) is 2.87. The van der Waals surface area contributed by atoms with E-state index in [-0.39, 0.29) is 17.1 Å². The smallest absolute Gasteiger partial charge is 0.261 e. The Bertz CT molecular complexity index is 628. The number of anilines is 1. The molecule has 88 valence electrons. The van der Waals surface area contributed by atoms with Crippen molar-refractivity contribution in [3.63, 3.8) is 0 Å². The van der Waals surface area contributed by atoms with Gasteiger partial charge in [0.25, 0.3) is 5.91 Å². The number of allylic oxidation sites excluding steroid dienone is 1. The number of aryl methyl sites for hydroxylation is 1. The van der Waals surface area contributed by atoms with Gasteiger partial charge in [-0.2, -0.15) is 10.5 Å². The number of hydrogen-bond acceptors (Lipinski definition) is 3. The average molecular weight is 237 g/mol. The van der Waals surface area contributed by atoms with E-state index in [1.54, 1.807) is 17.0 Å². The fraction of sp³-hybridized carbons (Fsp3) is 0.214. The molecule has 0 saturated carbocycles. The van der Waals surface area contributed by atoms with E-state index in [1.807, 2.05) is 32.0 Å². The van der Waals surface area contributed by atoms with Gasteiger partial charge in [0.15, 0.2) is 0 Å². The third-order valence-corrected chi connectivity index (χ3v) is 2.96. The molecule has 0 unspecified atom stereocenters. The first-order chi connectivity index (χ1) is 8.63. The molecule has 4 heteroatoms. The molecule has 0 aromatic heterocycles. The Morgan fingerprint density at radius 2 is 2.00 bits per heavy atom. The van der Waals surface area contributed by atoms with E-state index in [4.69, 9.17) is 10.5 Å². The van der Waals surface area contributed by atoms with E-state index in [0.717, 1.165) is 11.3 Å². The molecule has 0 spiro atoms. The number of likely N-dealkylation sites (N-methyl/N-ethyl adjacent to an activating group) is 1. The van der Waals surface area contributed by atoms with Crippen LogP contribution in [0.1, 0.15) is 18.1 Å². The SMILES string of the molecule is CCN1C(=O)C(=C(C#N)C#N)c2cc(C)ccc21. The van der Waals surface area contributed by atoms with Crippen LogP contribution in [0.25, 0.3) is 5.57 Å². The van der Waals surface area contributed by atoms with Gasteiger partial charge in [-0.05, 0) is 26.0 Å². The summed E-state index contributed by atoms with van der Waals surface area (Å²) in [5.41, 5.74) is 2.54. The van der Waals surface area contributed by atoms with Crippen molar-refractivity contribution in [2.24, 2.45) is 0 Å². The van der Waals surface area contributed by atoms with Crippen LogP contribution in [0.3, 0.4) is 0 Å². The molecule has 1 aromatic rings. The summed E-state index contributed by atoms with van der Waals surface area (Å²) >= 11 is 0. The molecule has 0 radical (unpaired) electrons. The molecule has 1 amide bonds. The average Bonchev–Trinajstić information content (AvgIpc) is 2.63.